The third-order valence-corrected chi connectivity index (χ3v) is 2.96. The minimum absolute atomic E-state index is 0.0116. The van der Waals surface area contributed by atoms with Crippen LogP contribution in [0.1, 0.15) is 52.4 Å². The average Bonchev–Trinajstić information content (AvgIpc) is 2.45. The molecule has 1 aliphatic rings. The van der Waals surface area contributed by atoms with Gasteiger partial charge in [-0.15, -0.1) is 0 Å². The standard InChI is InChI=1S/C12H21O2/c1-3-10(2)14-12(13)11-8-6-4-5-7-9-11/h3,10-11H,4-9H2,1-2H3/t10-/m1/s1. The summed E-state index contributed by atoms with van der Waals surface area (Å²) in [5.74, 6) is 0.178. The highest BCUT2D eigenvalue weighted by Crippen LogP contribution is 2.24. The molecule has 1 aliphatic carbocycles. The summed E-state index contributed by atoms with van der Waals surface area (Å²) in [5, 5.41) is 0. The zero-order valence-electron chi connectivity index (χ0n) is 9.29. The Balaban J connectivity index is 2.34. The van der Waals surface area contributed by atoms with E-state index in [1.807, 2.05) is 20.3 Å². The Labute approximate surface area is 87.0 Å². The van der Waals surface area contributed by atoms with E-state index in [0.717, 1.165) is 12.8 Å². The summed E-state index contributed by atoms with van der Waals surface area (Å²) in [6.45, 7) is 3.83. The van der Waals surface area contributed by atoms with E-state index in [2.05, 4.69) is 0 Å². The van der Waals surface area contributed by atoms with E-state index in [1.165, 1.54) is 25.7 Å². The topological polar surface area (TPSA) is 26.3 Å². The van der Waals surface area contributed by atoms with Crippen LogP contribution in [0.2, 0.25) is 0 Å². The molecule has 1 radical (unpaired) electrons. The summed E-state index contributed by atoms with van der Waals surface area (Å²) >= 11 is 0. The van der Waals surface area contributed by atoms with E-state index in [-0.39, 0.29) is 18.0 Å². The van der Waals surface area contributed by atoms with Crippen molar-refractivity contribution >= 4 is 5.97 Å². The molecule has 0 bridgehead atoms. The van der Waals surface area contributed by atoms with Crippen molar-refractivity contribution in [3.8, 4) is 0 Å². The van der Waals surface area contributed by atoms with Crippen LogP contribution in [-0.4, -0.2) is 12.1 Å². The van der Waals surface area contributed by atoms with Crippen molar-refractivity contribution in [2.45, 2.75) is 58.5 Å². The molecule has 0 saturated heterocycles. The Morgan fingerprint density at radius 1 is 1.29 bits per heavy atom. The Hall–Kier alpha value is -0.530. The maximum absolute atomic E-state index is 11.7. The van der Waals surface area contributed by atoms with Gasteiger partial charge in [0.2, 0.25) is 0 Å². The summed E-state index contributed by atoms with van der Waals surface area (Å²) in [5.41, 5.74) is 0. The fourth-order valence-electron chi connectivity index (χ4n) is 1.86. The lowest BCUT2D eigenvalue weighted by atomic mass is 10.0. The number of ether oxygens (including phenoxy) is 1. The van der Waals surface area contributed by atoms with Gasteiger partial charge in [0.1, 0.15) is 6.10 Å². The molecule has 14 heavy (non-hydrogen) atoms. The van der Waals surface area contributed by atoms with Crippen molar-refractivity contribution in [1.82, 2.24) is 0 Å². The monoisotopic (exact) mass is 197 g/mol. The molecular formula is C12H21O2. The van der Waals surface area contributed by atoms with Gasteiger partial charge in [0.15, 0.2) is 0 Å². The number of rotatable bonds is 3. The van der Waals surface area contributed by atoms with Crippen LogP contribution in [-0.2, 0) is 9.53 Å². The molecule has 0 aliphatic heterocycles. The van der Waals surface area contributed by atoms with Crippen LogP contribution in [0, 0.1) is 12.3 Å². The first-order valence-corrected chi connectivity index (χ1v) is 5.74. The van der Waals surface area contributed by atoms with Gasteiger partial charge in [-0.2, -0.15) is 0 Å². The van der Waals surface area contributed by atoms with Gasteiger partial charge in [-0.1, -0.05) is 32.6 Å². The van der Waals surface area contributed by atoms with Gasteiger partial charge < -0.3 is 4.74 Å². The maximum atomic E-state index is 11.7. The summed E-state index contributed by atoms with van der Waals surface area (Å²) in [7, 11) is 0. The molecule has 0 heterocycles. The van der Waals surface area contributed by atoms with Crippen LogP contribution >= 0.6 is 0 Å². The average molecular weight is 197 g/mol. The molecule has 0 aromatic carbocycles. The van der Waals surface area contributed by atoms with Gasteiger partial charge in [0.05, 0.1) is 5.92 Å². The van der Waals surface area contributed by atoms with Crippen molar-refractivity contribution in [3.63, 3.8) is 0 Å². The number of carbonyl (C=O) groups is 1. The second-order valence-electron chi connectivity index (χ2n) is 4.16. The Morgan fingerprint density at radius 2 is 1.86 bits per heavy atom. The number of esters is 1. The molecule has 0 aromatic heterocycles. The third kappa shape index (κ3) is 3.69. The van der Waals surface area contributed by atoms with E-state index in [1.54, 1.807) is 0 Å². The van der Waals surface area contributed by atoms with Crippen molar-refractivity contribution in [2.75, 3.05) is 0 Å². The fourth-order valence-corrected chi connectivity index (χ4v) is 1.86. The van der Waals surface area contributed by atoms with Crippen LogP contribution < -0.4 is 0 Å². The molecule has 1 atom stereocenters. The van der Waals surface area contributed by atoms with Gasteiger partial charge in [-0.05, 0) is 26.2 Å². The van der Waals surface area contributed by atoms with Crippen LogP contribution in [0.4, 0.5) is 0 Å². The lowest BCUT2D eigenvalue weighted by Gasteiger charge is -2.16. The Morgan fingerprint density at radius 3 is 2.36 bits per heavy atom. The Kier molecular flexibility index (Phi) is 4.99. The quantitative estimate of drug-likeness (QED) is 0.513. The molecule has 2 heteroatoms. The fraction of sp³-hybridized carbons (Fsp3) is 0.833. The Bertz CT molecular complexity index is 169. The van der Waals surface area contributed by atoms with E-state index in [0.29, 0.717) is 0 Å². The number of hydrogen-bond donors (Lipinski definition) is 0. The summed E-state index contributed by atoms with van der Waals surface area (Å²) in [6, 6.07) is 0. The van der Waals surface area contributed by atoms with Gasteiger partial charge in [-0.3, -0.25) is 4.79 Å². The molecule has 0 aromatic rings. The first kappa shape index (κ1) is 11.5. The number of hydrogen-bond acceptors (Lipinski definition) is 2. The largest absolute Gasteiger partial charge is 0.462 e. The van der Waals surface area contributed by atoms with Crippen molar-refractivity contribution in [2.24, 2.45) is 5.92 Å². The molecular weight excluding hydrogens is 176 g/mol. The van der Waals surface area contributed by atoms with E-state index < -0.39 is 0 Å². The van der Waals surface area contributed by atoms with Gasteiger partial charge >= 0.3 is 5.97 Å². The maximum Gasteiger partial charge on any atom is 0.309 e. The van der Waals surface area contributed by atoms with Crippen molar-refractivity contribution in [1.29, 1.82) is 0 Å². The van der Waals surface area contributed by atoms with Crippen LogP contribution in [0.5, 0.6) is 0 Å². The first-order chi connectivity index (χ1) is 6.74. The van der Waals surface area contributed by atoms with Crippen LogP contribution in [0.3, 0.4) is 0 Å². The zero-order valence-corrected chi connectivity index (χ0v) is 9.29. The third-order valence-electron chi connectivity index (χ3n) is 2.96. The summed E-state index contributed by atoms with van der Waals surface area (Å²) in [4.78, 5) is 11.7. The second-order valence-corrected chi connectivity index (χ2v) is 4.16. The molecule has 81 valence electrons. The minimum Gasteiger partial charge on any atom is -0.462 e. The molecule has 0 amide bonds. The lowest BCUT2D eigenvalue weighted by molar-refractivity contribution is -0.152. The summed E-state index contributed by atoms with van der Waals surface area (Å²) < 4.78 is 5.30. The van der Waals surface area contributed by atoms with Crippen molar-refractivity contribution < 1.29 is 9.53 Å². The van der Waals surface area contributed by atoms with Gasteiger partial charge in [0.25, 0.3) is 0 Å². The SMILES string of the molecule is C[CH][C@@H](C)OC(=O)C1CCCCCC1. The molecule has 0 spiro atoms. The molecule has 1 rings (SSSR count). The predicted molar refractivity (Wildman–Crippen MR) is 56.7 cm³/mol. The number of carbonyl (C=O) groups excluding carboxylic acids is 1. The molecule has 0 N–H and O–H groups in total. The van der Waals surface area contributed by atoms with Crippen LogP contribution in [0.25, 0.3) is 0 Å². The highest BCUT2D eigenvalue weighted by Gasteiger charge is 2.22. The minimum atomic E-state index is -0.0363. The molecule has 2 nitrogen and oxygen atoms in total. The van der Waals surface area contributed by atoms with E-state index >= 15 is 0 Å². The lowest BCUT2D eigenvalue weighted by Crippen LogP contribution is -2.22. The van der Waals surface area contributed by atoms with Crippen LogP contribution in [0.15, 0.2) is 0 Å². The van der Waals surface area contributed by atoms with E-state index in [4.69, 9.17) is 4.74 Å². The molecule has 0 unspecified atom stereocenters. The highest BCUT2D eigenvalue weighted by atomic mass is 16.5. The smallest absolute Gasteiger partial charge is 0.309 e. The van der Waals surface area contributed by atoms with E-state index in [9.17, 15) is 4.79 Å². The second kappa shape index (κ2) is 6.05. The summed E-state index contributed by atoms with van der Waals surface area (Å²) in [6.07, 6.45) is 8.84. The van der Waals surface area contributed by atoms with Gasteiger partial charge in [-0.25, -0.2) is 0 Å². The molecule has 1 fully saturated rings. The highest BCUT2D eigenvalue weighted by molar-refractivity contribution is 5.72. The van der Waals surface area contributed by atoms with Crippen molar-refractivity contribution in [3.05, 3.63) is 6.42 Å². The first-order valence-electron chi connectivity index (χ1n) is 5.74. The normalized spacial score (nSPS) is 21.3. The zero-order chi connectivity index (χ0) is 10.4. The van der Waals surface area contributed by atoms with Gasteiger partial charge in [0, 0.05) is 0 Å². The predicted octanol–water partition coefficient (Wildman–Crippen LogP) is 3.11. The molecule has 1 saturated carbocycles.